The van der Waals surface area contributed by atoms with Crippen molar-refractivity contribution >= 4 is 5.82 Å². The van der Waals surface area contributed by atoms with E-state index in [1.807, 2.05) is 12.1 Å². The number of rotatable bonds is 6. The molecule has 1 fully saturated rings. The molecule has 1 saturated heterocycles. The van der Waals surface area contributed by atoms with Gasteiger partial charge in [-0.1, -0.05) is 54.6 Å². The summed E-state index contributed by atoms with van der Waals surface area (Å²) in [4.78, 5) is 15.8. The highest BCUT2D eigenvalue weighted by Gasteiger charge is 2.22. The number of nitrogens with one attached hydrogen (secondary N) is 1. The number of fused-ring (bicyclic) bond motifs is 1. The van der Waals surface area contributed by atoms with Crippen LogP contribution in [0.25, 0.3) is 22.5 Å². The molecule has 8 heteroatoms. The van der Waals surface area contributed by atoms with Gasteiger partial charge in [0.05, 0.1) is 24.6 Å². The van der Waals surface area contributed by atoms with Crippen molar-refractivity contribution in [2.75, 3.05) is 31.6 Å². The van der Waals surface area contributed by atoms with E-state index < -0.39 is 0 Å². The van der Waals surface area contributed by atoms with Crippen LogP contribution in [0.5, 0.6) is 0 Å². The van der Waals surface area contributed by atoms with Gasteiger partial charge in [-0.05, 0) is 24.5 Å². The van der Waals surface area contributed by atoms with Crippen LogP contribution in [0, 0.1) is 11.3 Å². The van der Waals surface area contributed by atoms with Gasteiger partial charge in [0.25, 0.3) is 0 Å². The fraction of sp³-hybridized carbons (Fsp3) is 0.333. The minimum absolute atomic E-state index is 0.201. The molecule has 192 valence electrons. The van der Waals surface area contributed by atoms with Crippen LogP contribution in [0.15, 0.2) is 66.9 Å². The highest BCUT2D eigenvalue weighted by Crippen LogP contribution is 2.34. The zero-order chi connectivity index (χ0) is 25.7. The van der Waals surface area contributed by atoms with Gasteiger partial charge in [-0.2, -0.15) is 5.26 Å². The lowest BCUT2D eigenvalue weighted by Crippen LogP contribution is -2.38. The number of hydrogen-bond acceptors (Lipinski definition) is 7. The van der Waals surface area contributed by atoms with Gasteiger partial charge in [0, 0.05) is 56.0 Å². The van der Waals surface area contributed by atoms with Crippen molar-refractivity contribution in [3.63, 3.8) is 0 Å². The third kappa shape index (κ3) is 5.30. The molecule has 2 aromatic heterocycles. The third-order valence-electron chi connectivity index (χ3n) is 7.35. The molecule has 8 nitrogen and oxygen atoms in total. The van der Waals surface area contributed by atoms with Gasteiger partial charge < -0.3 is 14.6 Å². The first-order valence-electron chi connectivity index (χ1n) is 13.3. The number of imidazole rings is 1. The molecule has 6 rings (SSSR count). The minimum Gasteiger partial charge on any atom is -0.379 e. The van der Waals surface area contributed by atoms with Crippen LogP contribution >= 0.6 is 0 Å². The molecule has 0 unspecified atom stereocenters. The number of benzene rings is 2. The van der Waals surface area contributed by atoms with Crippen LogP contribution in [0.1, 0.15) is 30.1 Å². The van der Waals surface area contributed by atoms with Gasteiger partial charge in [0.2, 0.25) is 5.82 Å². The van der Waals surface area contributed by atoms with Crippen LogP contribution in [-0.4, -0.2) is 56.8 Å². The average molecular weight is 506 g/mol. The molecular weight excluding hydrogens is 474 g/mol. The van der Waals surface area contributed by atoms with Crippen LogP contribution in [0.4, 0.5) is 5.82 Å². The molecule has 2 aliphatic heterocycles. The Labute approximate surface area is 222 Å². The number of ether oxygens (including phenoxy) is 1. The summed E-state index contributed by atoms with van der Waals surface area (Å²) in [5.74, 6) is 2.03. The summed E-state index contributed by atoms with van der Waals surface area (Å²) in [7, 11) is 0. The Morgan fingerprint density at radius 1 is 0.921 bits per heavy atom. The maximum Gasteiger partial charge on any atom is 0.234 e. The number of piperidine rings is 1. The summed E-state index contributed by atoms with van der Waals surface area (Å²) in [6.07, 6.45) is 4.53. The van der Waals surface area contributed by atoms with Crippen molar-refractivity contribution in [3.05, 3.63) is 84.1 Å². The molecule has 1 N–H and O–H groups in total. The van der Waals surface area contributed by atoms with Crippen molar-refractivity contribution in [1.29, 1.82) is 5.26 Å². The topological polar surface area (TPSA) is 91.9 Å². The zero-order valence-electron chi connectivity index (χ0n) is 21.4. The second-order valence-corrected chi connectivity index (χ2v) is 9.87. The van der Waals surface area contributed by atoms with Crippen molar-refractivity contribution < 1.29 is 4.74 Å². The predicted molar refractivity (Wildman–Crippen MR) is 146 cm³/mol. The number of nitrogens with zero attached hydrogens (tertiary/aromatic N) is 6. The molecule has 2 aliphatic rings. The van der Waals surface area contributed by atoms with Crippen molar-refractivity contribution in [1.82, 2.24) is 24.4 Å². The molecule has 0 atom stereocenters. The van der Waals surface area contributed by atoms with E-state index in [9.17, 15) is 0 Å². The van der Waals surface area contributed by atoms with Crippen molar-refractivity contribution in [2.24, 2.45) is 0 Å². The summed E-state index contributed by atoms with van der Waals surface area (Å²) < 4.78 is 8.06. The number of aromatic nitrogens is 4. The Morgan fingerprint density at radius 2 is 1.74 bits per heavy atom. The molecule has 0 bridgehead atoms. The maximum absolute atomic E-state index is 9.02. The second-order valence-electron chi connectivity index (χ2n) is 9.87. The monoisotopic (exact) mass is 505 g/mol. The summed E-state index contributed by atoms with van der Waals surface area (Å²) in [5, 5.41) is 12.5. The van der Waals surface area contributed by atoms with E-state index in [0.717, 1.165) is 74.9 Å². The van der Waals surface area contributed by atoms with Gasteiger partial charge in [0.1, 0.15) is 17.7 Å². The molecule has 4 heterocycles. The van der Waals surface area contributed by atoms with E-state index >= 15 is 0 Å². The Bertz CT molecular complexity index is 1420. The van der Waals surface area contributed by atoms with Gasteiger partial charge in [-0.3, -0.25) is 4.90 Å². The third-order valence-corrected chi connectivity index (χ3v) is 7.35. The largest absolute Gasteiger partial charge is 0.379 e. The van der Waals surface area contributed by atoms with Crippen molar-refractivity contribution in [3.8, 4) is 28.6 Å². The number of anilines is 1. The molecule has 38 heavy (non-hydrogen) atoms. The molecule has 2 aromatic carbocycles. The fourth-order valence-electron chi connectivity index (χ4n) is 5.41. The summed E-state index contributed by atoms with van der Waals surface area (Å²) in [6, 6.07) is 23.7. The van der Waals surface area contributed by atoms with Crippen molar-refractivity contribution in [2.45, 2.75) is 38.4 Å². The highest BCUT2D eigenvalue weighted by atomic mass is 16.5. The van der Waals surface area contributed by atoms with E-state index in [0.29, 0.717) is 12.6 Å². The van der Waals surface area contributed by atoms with Crippen LogP contribution in [-0.2, 0) is 24.2 Å². The Hall–Kier alpha value is -4.06. The van der Waals surface area contributed by atoms with E-state index in [1.54, 1.807) is 6.20 Å². The number of hydrogen-bond donors (Lipinski definition) is 1. The van der Waals surface area contributed by atoms with E-state index in [1.165, 1.54) is 16.8 Å². The lowest BCUT2D eigenvalue weighted by molar-refractivity contribution is 0.140. The Balaban J connectivity index is 1.13. The predicted octanol–water partition coefficient (Wildman–Crippen LogP) is 4.53. The molecule has 0 saturated carbocycles. The number of nitriles is 1. The summed E-state index contributed by atoms with van der Waals surface area (Å²) in [5.41, 5.74) is 5.88. The van der Waals surface area contributed by atoms with Gasteiger partial charge in [-0.25, -0.2) is 15.0 Å². The fourth-order valence-corrected chi connectivity index (χ4v) is 5.41. The molecule has 4 aromatic rings. The quantitative estimate of drug-likeness (QED) is 0.412. The van der Waals surface area contributed by atoms with E-state index in [2.05, 4.69) is 79.3 Å². The minimum atomic E-state index is 0.201. The van der Waals surface area contributed by atoms with E-state index in [-0.39, 0.29) is 5.82 Å². The SMILES string of the molecule is N#Cc1nccc(NC2CCN(Cc3ccc(-c4nc5n(c4-c4ccccc4)CCOCC5)cc3)CC2)n1. The molecule has 0 spiro atoms. The number of likely N-dealkylation sites (tertiary alicyclic amines) is 1. The summed E-state index contributed by atoms with van der Waals surface area (Å²) in [6.45, 7) is 5.23. The first-order chi connectivity index (χ1) is 18.8. The highest BCUT2D eigenvalue weighted by molar-refractivity contribution is 5.79. The molecule has 0 amide bonds. The summed E-state index contributed by atoms with van der Waals surface area (Å²) >= 11 is 0. The second kappa shape index (κ2) is 11.1. The normalized spacial score (nSPS) is 16.4. The van der Waals surface area contributed by atoms with Gasteiger partial charge >= 0.3 is 0 Å². The molecular formula is C30H31N7O. The Kier molecular flexibility index (Phi) is 7.12. The first-order valence-corrected chi connectivity index (χ1v) is 13.3. The van der Waals surface area contributed by atoms with Gasteiger partial charge in [-0.15, -0.1) is 0 Å². The van der Waals surface area contributed by atoms with Crippen LogP contribution < -0.4 is 5.32 Å². The molecule has 0 radical (unpaired) electrons. The smallest absolute Gasteiger partial charge is 0.234 e. The van der Waals surface area contributed by atoms with Crippen LogP contribution in [0.2, 0.25) is 0 Å². The average Bonchev–Trinajstić information content (AvgIpc) is 3.17. The maximum atomic E-state index is 9.02. The lowest BCUT2D eigenvalue weighted by atomic mass is 10.0. The Morgan fingerprint density at radius 3 is 2.53 bits per heavy atom. The first kappa shape index (κ1) is 24.3. The standard InChI is InChI=1S/C30H31N7O/c31-20-27-32-14-10-26(34-27)33-25-11-15-36(16-12-25)21-22-6-8-23(9-7-22)29-30(24-4-2-1-3-5-24)37-17-19-38-18-13-28(37)35-29/h1-10,14,25H,11-13,15-19,21H2,(H,32,33,34). The zero-order valence-corrected chi connectivity index (χ0v) is 21.4. The van der Waals surface area contributed by atoms with Crippen LogP contribution in [0.3, 0.4) is 0 Å². The van der Waals surface area contributed by atoms with E-state index in [4.69, 9.17) is 15.0 Å². The van der Waals surface area contributed by atoms with Gasteiger partial charge in [0.15, 0.2) is 0 Å². The lowest BCUT2D eigenvalue weighted by Gasteiger charge is -2.32. The molecule has 0 aliphatic carbocycles.